The molecule has 0 radical (unpaired) electrons. The number of imidazole rings is 1. The van der Waals surface area contributed by atoms with E-state index in [1.807, 2.05) is 40.6 Å². The zero-order chi connectivity index (χ0) is 12.4. The Morgan fingerprint density at radius 2 is 2.22 bits per heavy atom. The van der Waals surface area contributed by atoms with Crippen LogP contribution >= 0.6 is 11.8 Å². The normalized spacial score (nSPS) is 17.1. The summed E-state index contributed by atoms with van der Waals surface area (Å²) in [5.74, 6) is 3.31. The van der Waals surface area contributed by atoms with Crippen molar-refractivity contribution in [1.82, 2.24) is 9.38 Å². The molecule has 1 aliphatic heterocycles. The summed E-state index contributed by atoms with van der Waals surface area (Å²) in [6.07, 6.45) is 3.15. The number of thioether (sulfide) groups is 1. The molecule has 0 aliphatic carbocycles. The first kappa shape index (κ1) is 11.9. The van der Waals surface area contributed by atoms with E-state index in [4.69, 9.17) is 0 Å². The Kier molecular flexibility index (Phi) is 3.43. The van der Waals surface area contributed by atoms with Gasteiger partial charge in [0, 0.05) is 25.0 Å². The van der Waals surface area contributed by atoms with Gasteiger partial charge in [0.15, 0.2) is 5.82 Å². The van der Waals surface area contributed by atoms with Crippen molar-refractivity contribution in [3.8, 4) is 0 Å². The van der Waals surface area contributed by atoms with Gasteiger partial charge in [-0.15, -0.1) is 0 Å². The Morgan fingerprint density at radius 1 is 1.28 bits per heavy atom. The highest BCUT2D eigenvalue weighted by Gasteiger charge is 2.18. The standard InChI is InChI=1S/C13H17N3OS/c17-10-11-13(15-5-3-8-18-9-7-15)14-12-4-1-2-6-16(11)12/h1-2,4,6,17H,3,5,7-10H2. The number of fused-ring (bicyclic) bond motifs is 1. The number of aliphatic hydroxyl groups excluding tert-OH is 1. The van der Waals surface area contributed by atoms with Crippen molar-refractivity contribution in [2.45, 2.75) is 13.0 Å². The maximum atomic E-state index is 9.61. The van der Waals surface area contributed by atoms with Crippen molar-refractivity contribution >= 4 is 23.2 Å². The average molecular weight is 263 g/mol. The second-order valence-electron chi connectivity index (χ2n) is 4.42. The quantitative estimate of drug-likeness (QED) is 0.896. The van der Waals surface area contributed by atoms with Crippen LogP contribution in [0.1, 0.15) is 12.1 Å². The van der Waals surface area contributed by atoms with Gasteiger partial charge < -0.3 is 10.0 Å². The van der Waals surface area contributed by atoms with Crippen molar-refractivity contribution < 1.29 is 5.11 Å². The maximum Gasteiger partial charge on any atom is 0.153 e. The zero-order valence-corrected chi connectivity index (χ0v) is 11.1. The SMILES string of the molecule is OCc1c(N2CCCSCC2)nc2ccccn12. The van der Waals surface area contributed by atoms with Crippen LogP contribution in [-0.2, 0) is 6.61 Å². The molecule has 2 aromatic heterocycles. The van der Waals surface area contributed by atoms with E-state index in [2.05, 4.69) is 9.88 Å². The fourth-order valence-corrected chi connectivity index (χ4v) is 3.28. The van der Waals surface area contributed by atoms with Crippen molar-refractivity contribution in [2.24, 2.45) is 0 Å². The molecule has 3 rings (SSSR count). The predicted molar refractivity (Wildman–Crippen MR) is 75.3 cm³/mol. The number of nitrogens with zero attached hydrogens (tertiary/aromatic N) is 3. The van der Waals surface area contributed by atoms with Crippen LogP contribution in [0, 0.1) is 0 Å². The number of anilines is 1. The van der Waals surface area contributed by atoms with E-state index >= 15 is 0 Å². The van der Waals surface area contributed by atoms with Crippen LogP contribution in [0.15, 0.2) is 24.4 Å². The van der Waals surface area contributed by atoms with Gasteiger partial charge in [-0.1, -0.05) is 6.07 Å². The van der Waals surface area contributed by atoms with Crippen LogP contribution in [0.4, 0.5) is 5.82 Å². The lowest BCUT2D eigenvalue weighted by molar-refractivity contribution is 0.276. The average Bonchev–Trinajstić information content (AvgIpc) is 2.59. The molecule has 5 heteroatoms. The van der Waals surface area contributed by atoms with Crippen LogP contribution in [0.2, 0.25) is 0 Å². The van der Waals surface area contributed by atoms with Gasteiger partial charge >= 0.3 is 0 Å². The van der Waals surface area contributed by atoms with E-state index in [9.17, 15) is 5.11 Å². The summed E-state index contributed by atoms with van der Waals surface area (Å²) in [6, 6.07) is 5.93. The van der Waals surface area contributed by atoms with Gasteiger partial charge in [-0.05, 0) is 24.3 Å². The molecule has 4 nitrogen and oxygen atoms in total. The summed E-state index contributed by atoms with van der Waals surface area (Å²) in [5.41, 5.74) is 1.81. The van der Waals surface area contributed by atoms with Crippen LogP contribution in [0.3, 0.4) is 0 Å². The Labute approximate surface area is 111 Å². The third-order valence-corrected chi connectivity index (χ3v) is 4.33. The summed E-state index contributed by atoms with van der Waals surface area (Å²) >= 11 is 2.00. The Balaban J connectivity index is 2.04. The minimum Gasteiger partial charge on any atom is -0.390 e. The molecule has 0 atom stereocenters. The minimum atomic E-state index is 0.0319. The largest absolute Gasteiger partial charge is 0.390 e. The molecule has 18 heavy (non-hydrogen) atoms. The molecular formula is C13H17N3OS. The van der Waals surface area contributed by atoms with E-state index < -0.39 is 0 Å². The highest BCUT2D eigenvalue weighted by molar-refractivity contribution is 7.99. The van der Waals surface area contributed by atoms with Gasteiger partial charge in [0.25, 0.3) is 0 Å². The molecule has 2 aromatic rings. The molecule has 0 amide bonds. The minimum absolute atomic E-state index is 0.0319. The summed E-state index contributed by atoms with van der Waals surface area (Å²) in [7, 11) is 0. The van der Waals surface area contributed by atoms with Gasteiger partial charge in [0.05, 0.1) is 12.3 Å². The lowest BCUT2D eigenvalue weighted by Gasteiger charge is -2.20. The second kappa shape index (κ2) is 5.20. The highest BCUT2D eigenvalue weighted by Crippen LogP contribution is 2.24. The van der Waals surface area contributed by atoms with E-state index in [0.29, 0.717) is 0 Å². The Hall–Kier alpha value is -1.20. The number of aliphatic hydroxyl groups is 1. The van der Waals surface area contributed by atoms with Crippen molar-refractivity contribution in [2.75, 3.05) is 29.5 Å². The topological polar surface area (TPSA) is 40.8 Å². The lowest BCUT2D eigenvalue weighted by atomic mass is 10.3. The van der Waals surface area contributed by atoms with Crippen LogP contribution in [0.25, 0.3) is 5.65 Å². The first-order chi connectivity index (χ1) is 8.90. The van der Waals surface area contributed by atoms with Gasteiger partial charge in [0.2, 0.25) is 0 Å². The van der Waals surface area contributed by atoms with Gasteiger partial charge in [-0.2, -0.15) is 11.8 Å². The van der Waals surface area contributed by atoms with E-state index in [0.717, 1.165) is 36.0 Å². The molecule has 3 heterocycles. The second-order valence-corrected chi connectivity index (χ2v) is 5.65. The number of hydrogen-bond donors (Lipinski definition) is 1. The Bertz CT molecular complexity index is 532. The summed E-state index contributed by atoms with van der Waals surface area (Å²) in [5, 5.41) is 9.61. The number of rotatable bonds is 2. The fraction of sp³-hybridized carbons (Fsp3) is 0.462. The molecule has 0 spiro atoms. The third-order valence-electron chi connectivity index (χ3n) is 3.28. The van der Waals surface area contributed by atoms with E-state index in [-0.39, 0.29) is 6.61 Å². The fourth-order valence-electron chi connectivity index (χ4n) is 2.39. The van der Waals surface area contributed by atoms with Crippen LogP contribution < -0.4 is 4.90 Å². The predicted octanol–water partition coefficient (Wildman–Crippen LogP) is 1.77. The molecule has 0 bridgehead atoms. The van der Waals surface area contributed by atoms with Crippen LogP contribution in [-0.4, -0.2) is 39.1 Å². The highest BCUT2D eigenvalue weighted by atomic mass is 32.2. The smallest absolute Gasteiger partial charge is 0.153 e. The first-order valence-electron chi connectivity index (χ1n) is 6.29. The zero-order valence-electron chi connectivity index (χ0n) is 10.2. The molecule has 1 N–H and O–H groups in total. The van der Waals surface area contributed by atoms with Crippen LogP contribution in [0.5, 0.6) is 0 Å². The van der Waals surface area contributed by atoms with Gasteiger partial charge in [0.1, 0.15) is 5.65 Å². The monoisotopic (exact) mass is 263 g/mol. The third kappa shape index (κ3) is 2.08. The Morgan fingerprint density at radius 3 is 3.11 bits per heavy atom. The molecular weight excluding hydrogens is 246 g/mol. The maximum absolute atomic E-state index is 9.61. The van der Waals surface area contributed by atoms with Crippen molar-refractivity contribution in [3.05, 3.63) is 30.1 Å². The van der Waals surface area contributed by atoms with Gasteiger partial charge in [-0.3, -0.25) is 4.40 Å². The van der Waals surface area contributed by atoms with Crippen molar-refractivity contribution in [1.29, 1.82) is 0 Å². The molecule has 1 saturated heterocycles. The molecule has 1 aliphatic rings. The lowest BCUT2D eigenvalue weighted by Crippen LogP contribution is -2.26. The number of pyridine rings is 1. The van der Waals surface area contributed by atoms with Gasteiger partial charge in [-0.25, -0.2) is 4.98 Å². The molecule has 0 unspecified atom stereocenters. The summed E-state index contributed by atoms with van der Waals surface area (Å²) < 4.78 is 1.98. The summed E-state index contributed by atoms with van der Waals surface area (Å²) in [4.78, 5) is 6.97. The molecule has 1 fully saturated rings. The first-order valence-corrected chi connectivity index (χ1v) is 7.45. The van der Waals surface area contributed by atoms with Crippen molar-refractivity contribution in [3.63, 3.8) is 0 Å². The molecule has 0 aromatic carbocycles. The summed E-state index contributed by atoms with van der Waals surface area (Å²) in [6.45, 7) is 2.08. The molecule has 96 valence electrons. The molecule has 0 saturated carbocycles. The number of hydrogen-bond acceptors (Lipinski definition) is 4. The van der Waals surface area contributed by atoms with E-state index in [1.165, 1.54) is 12.2 Å². The van der Waals surface area contributed by atoms with E-state index in [1.54, 1.807) is 0 Å². The number of aromatic nitrogens is 2.